The van der Waals surface area contributed by atoms with E-state index in [1.54, 1.807) is 0 Å². The molecule has 0 N–H and O–H groups in total. The highest BCUT2D eigenvalue weighted by atomic mass is 15.3. The van der Waals surface area contributed by atoms with Gasteiger partial charge in [-0.05, 0) is 70.8 Å². The minimum atomic E-state index is -0.670. The molecule has 0 aliphatic carbocycles. The standard InChI is InChI=1S/C64H42N6/c1-5-23-44(24-6-1)64(45-25-7-2-8-26-45,46-27-9-3-10-28-46)47-29-21-22-43(42-47)61-65-62(69-54-36-17-13-32-49(54)50-33-14-18-37-55(50)69)67-63(66-61)70-56-38-19-15-34-51(56)52-40-41-58-59(60(52)70)53-35-16-20-39-57(53)68(58)48-30-11-4-12-31-48/h1-42H. The Hall–Kier alpha value is -9.39. The quantitative estimate of drug-likeness (QED) is 0.143. The van der Waals surface area contributed by atoms with Gasteiger partial charge >= 0.3 is 0 Å². The first-order valence-electron chi connectivity index (χ1n) is 23.8. The van der Waals surface area contributed by atoms with Crippen molar-refractivity contribution in [3.8, 4) is 29.0 Å². The van der Waals surface area contributed by atoms with Gasteiger partial charge in [0.25, 0.3) is 0 Å². The average Bonchev–Trinajstić information content (AvgIpc) is 4.08. The van der Waals surface area contributed by atoms with E-state index in [9.17, 15) is 0 Å². The van der Waals surface area contributed by atoms with Crippen LogP contribution >= 0.6 is 0 Å². The number of fused-ring (bicyclic) bond motifs is 10. The Kier molecular flexibility index (Phi) is 9.01. The highest BCUT2D eigenvalue weighted by Gasteiger charge is 2.38. The molecule has 0 aliphatic heterocycles. The van der Waals surface area contributed by atoms with Gasteiger partial charge < -0.3 is 4.57 Å². The molecule has 4 heterocycles. The lowest BCUT2D eigenvalue weighted by molar-refractivity contribution is 0.745. The summed E-state index contributed by atoms with van der Waals surface area (Å²) in [6.45, 7) is 0. The summed E-state index contributed by atoms with van der Waals surface area (Å²) >= 11 is 0. The third-order valence-electron chi connectivity index (χ3n) is 14.3. The summed E-state index contributed by atoms with van der Waals surface area (Å²) in [5.41, 5.74) is 12.2. The number of aromatic nitrogens is 6. The molecule has 10 aromatic carbocycles. The second kappa shape index (κ2) is 15.9. The summed E-state index contributed by atoms with van der Waals surface area (Å²) in [7, 11) is 0. The number of rotatable bonds is 8. The van der Waals surface area contributed by atoms with Crippen molar-refractivity contribution in [1.82, 2.24) is 28.7 Å². The number of nitrogens with zero attached hydrogens (tertiary/aromatic N) is 6. The second-order valence-corrected chi connectivity index (χ2v) is 18.0. The van der Waals surface area contributed by atoms with Gasteiger partial charge in [0.1, 0.15) is 0 Å². The van der Waals surface area contributed by atoms with E-state index in [2.05, 4.69) is 268 Å². The van der Waals surface area contributed by atoms with Crippen LogP contribution < -0.4 is 0 Å². The Morgan fingerprint density at radius 2 is 0.714 bits per heavy atom. The molecular formula is C64H42N6. The minimum absolute atomic E-state index is 0.531. The maximum Gasteiger partial charge on any atom is 0.240 e. The van der Waals surface area contributed by atoms with Gasteiger partial charge in [-0.1, -0.05) is 206 Å². The molecule has 0 bridgehead atoms. The highest BCUT2D eigenvalue weighted by molar-refractivity contribution is 6.26. The van der Waals surface area contributed by atoms with E-state index >= 15 is 0 Å². The van der Waals surface area contributed by atoms with Gasteiger partial charge in [-0.25, -0.2) is 0 Å². The third kappa shape index (κ3) is 5.90. The first-order valence-corrected chi connectivity index (χ1v) is 23.8. The van der Waals surface area contributed by atoms with Gasteiger partial charge in [-0.15, -0.1) is 0 Å². The van der Waals surface area contributed by atoms with Crippen molar-refractivity contribution in [3.63, 3.8) is 0 Å². The molecule has 4 aromatic heterocycles. The molecule has 0 atom stereocenters. The maximum atomic E-state index is 5.63. The van der Waals surface area contributed by atoms with Crippen LogP contribution in [0.2, 0.25) is 0 Å². The lowest BCUT2D eigenvalue weighted by Crippen LogP contribution is -2.31. The van der Waals surface area contributed by atoms with E-state index in [4.69, 9.17) is 15.0 Å². The van der Waals surface area contributed by atoms with Crippen LogP contribution in [0.4, 0.5) is 0 Å². The Balaban J connectivity index is 1.11. The second-order valence-electron chi connectivity index (χ2n) is 18.0. The molecule has 14 aromatic rings. The van der Waals surface area contributed by atoms with Crippen molar-refractivity contribution in [2.45, 2.75) is 5.41 Å². The van der Waals surface area contributed by atoms with Crippen LogP contribution in [0.1, 0.15) is 22.3 Å². The van der Waals surface area contributed by atoms with E-state index in [-0.39, 0.29) is 0 Å². The van der Waals surface area contributed by atoms with Gasteiger partial charge in [0, 0.05) is 43.6 Å². The molecule has 0 saturated carbocycles. The van der Waals surface area contributed by atoms with E-state index < -0.39 is 5.41 Å². The number of hydrogen-bond acceptors (Lipinski definition) is 3. The molecule has 0 fully saturated rings. The number of para-hydroxylation sites is 5. The monoisotopic (exact) mass is 894 g/mol. The normalized spacial score (nSPS) is 12.0. The van der Waals surface area contributed by atoms with Crippen LogP contribution in [0, 0.1) is 0 Å². The highest BCUT2D eigenvalue weighted by Crippen LogP contribution is 2.47. The van der Waals surface area contributed by atoms with E-state index in [1.807, 2.05) is 0 Å². The molecule has 6 heteroatoms. The fourth-order valence-corrected chi connectivity index (χ4v) is 11.3. The van der Waals surface area contributed by atoms with Crippen molar-refractivity contribution < 1.29 is 0 Å². The summed E-state index contributed by atoms with van der Waals surface area (Å²) in [5.74, 6) is 1.63. The molecule has 14 rings (SSSR count). The average molecular weight is 895 g/mol. The summed E-state index contributed by atoms with van der Waals surface area (Å²) in [4.78, 5) is 16.8. The number of benzene rings is 10. The zero-order chi connectivity index (χ0) is 46.2. The predicted molar refractivity (Wildman–Crippen MR) is 287 cm³/mol. The summed E-state index contributed by atoms with van der Waals surface area (Å²) in [6, 6.07) is 91.0. The smallest absolute Gasteiger partial charge is 0.240 e. The van der Waals surface area contributed by atoms with Crippen LogP contribution in [-0.2, 0) is 5.41 Å². The molecule has 0 saturated heterocycles. The first kappa shape index (κ1) is 39.7. The van der Waals surface area contributed by atoms with Gasteiger partial charge in [-0.2, -0.15) is 15.0 Å². The zero-order valence-electron chi connectivity index (χ0n) is 37.9. The van der Waals surface area contributed by atoms with Gasteiger partial charge in [0.15, 0.2) is 5.82 Å². The third-order valence-corrected chi connectivity index (χ3v) is 14.3. The maximum absolute atomic E-state index is 5.63. The Morgan fingerprint density at radius 3 is 1.27 bits per heavy atom. The summed E-state index contributed by atoms with van der Waals surface area (Å²) in [5, 5.41) is 6.80. The Bertz CT molecular complexity index is 4130. The van der Waals surface area contributed by atoms with Crippen molar-refractivity contribution in [3.05, 3.63) is 277 Å². The molecule has 0 spiro atoms. The Morgan fingerprint density at radius 1 is 0.286 bits per heavy atom. The predicted octanol–water partition coefficient (Wildman–Crippen LogP) is 15.2. The van der Waals surface area contributed by atoms with Gasteiger partial charge in [0.2, 0.25) is 11.9 Å². The van der Waals surface area contributed by atoms with Crippen molar-refractivity contribution in [1.29, 1.82) is 0 Å². The van der Waals surface area contributed by atoms with Crippen LogP contribution in [0.25, 0.3) is 94.4 Å². The fourth-order valence-electron chi connectivity index (χ4n) is 11.3. The van der Waals surface area contributed by atoms with Crippen LogP contribution in [-0.4, -0.2) is 28.7 Å². The molecule has 0 amide bonds. The summed E-state index contributed by atoms with van der Waals surface area (Å²) in [6.07, 6.45) is 0. The molecule has 70 heavy (non-hydrogen) atoms. The zero-order valence-corrected chi connectivity index (χ0v) is 37.9. The van der Waals surface area contributed by atoms with E-state index in [0.29, 0.717) is 17.7 Å². The van der Waals surface area contributed by atoms with Crippen molar-refractivity contribution >= 4 is 65.4 Å². The molecule has 0 unspecified atom stereocenters. The lowest BCUT2D eigenvalue weighted by atomic mass is 9.65. The molecule has 6 nitrogen and oxygen atoms in total. The van der Waals surface area contributed by atoms with Gasteiger partial charge in [0.05, 0.1) is 38.5 Å². The van der Waals surface area contributed by atoms with Crippen LogP contribution in [0.5, 0.6) is 0 Å². The van der Waals surface area contributed by atoms with E-state index in [1.165, 1.54) is 0 Å². The van der Waals surface area contributed by atoms with Crippen LogP contribution in [0.15, 0.2) is 255 Å². The van der Waals surface area contributed by atoms with Crippen molar-refractivity contribution in [2.75, 3.05) is 0 Å². The Labute approximate surface area is 403 Å². The van der Waals surface area contributed by atoms with E-state index in [0.717, 1.165) is 98.9 Å². The SMILES string of the molecule is c1ccc(-n2c3ccccc3c3c2ccc2c4ccccc4n(-c4nc(-c5cccc(C(c6ccccc6)(c6ccccc6)c6ccccc6)c5)nc(-n5c6ccccc6c6ccccc65)n4)c23)cc1. The van der Waals surface area contributed by atoms with Gasteiger partial charge in [-0.3, -0.25) is 9.13 Å². The fraction of sp³-hybridized carbons (Fsp3) is 0.0156. The number of hydrogen-bond donors (Lipinski definition) is 0. The topological polar surface area (TPSA) is 53.5 Å². The molecule has 0 radical (unpaired) electrons. The largest absolute Gasteiger partial charge is 0.309 e. The lowest BCUT2D eigenvalue weighted by Gasteiger charge is -2.37. The minimum Gasteiger partial charge on any atom is -0.309 e. The molecule has 0 aliphatic rings. The first-order chi connectivity index (χ1) is 34.8. The molecular weight excluding hydrogens is 853 g/mol. The summed E-state index contributed by atoms with van der Waals surface area (Å²) < 4.78 is 6.86. The molecule has 328 valence electrons. The van der Waals surface area contributed by atoms with Crippen LogP contribution in [0.3, 0.4) is 0 Å². The van der Waals surface area contributed by atoms with Crippen molar-refractivity contribution in [2.24, 2.45) is 0 Å².